The molecular formula is C20H34O. The van der Waals surface area contributed by atoms with Gasteiger partial charge >= 0.3 is 0 Å². The van der Waals surface area contributed by atoms with Crippen molar-refractivity contribution in [3.63, 3.8) is 0 Å². The summed E-state index contributed by atoms with van der Waals surface area (Å²) in [4.78, 5) is 13.2. The first-order chi connectivity index (χ1) is 9.78. The van der Waals surface area contributed by atoms with Gasteiger partial charge in [0.2, 0.25) is 0 Å². The standard InChI is InChI=1S/C20H34O/c1-12(2)16-8-7-14(5)11-19(16)17-9-15(6)10-18(21)20(17,19)13(3)4/h12-17H,7-11H2,1-6H3/t14?,15-,16?,17?,19?,20-/m0/s1. The molecule has 1 nitrogen and oxygen atoms in total. The Morgan fingerprint density at radius 3 is 2.29 bits per heavy atom. The Bertz CT molecular complexity index is 437. The highest BCUT2D eigenvalue weighted by Crippen LogP contribution is 2.84. The maximum Gasteiger partial charge on any atom is 0.140 e. The third-order valence-electron chi connectivity index (χ3n) is 7.53. The number of Topliss-reactive ketones (excluding diaryl/α,β-unsaturated/α-hetero) is 1. The van der Waals surface area contributed by atoms with Gasteiger partial charge in [-0.1, -0.05) is 48.0 Å². The lowest BCUT2D eigenvalue weighted by molar-refractivity contribution is -0.131. The van der Waals surface area contributed by atoms with Crippen LogP contribution in [0.2, 0.25) is 0 Å². The van der Waals surface area contributed by atoms with Crippen LogP contribution in [0, 0.1) is 46.3 Å². The molecule has 3 aliphatic carbocycles. The van der Waals surface area contributed by atoms with E-state index in [0.717, 1.165) is 24.2 Å². The molecule has 3 aliphatic rings. The Balaban J connectivity index is 2.07. The number of hydrogen-bond acceptors (Lipinski definition) is 1. The molecular weight excluding hydrogens is 256 g/mol. The quantitative estimate of drug-likeness (QED) is 0.671. The average molecular weight is 290 g/mol. The van der Waals surface area contributed by atoms with Crippen molar-refractivity contribution in [3.05, 3.63) is 0 Å². The summed E-state index contributed by atoms with van der Waals surface area (Å²) in [6, 6.07) is 0. The Hall–Kier alpha value is -0.330. The Labute approximate surface area is 131 Å². The first kappa shape index (κ1) is 15.6. The van der Waals surface area contributed by atoms with Crippen LogP contribution in [0.1, 0.15) is 73.6 Å². The molecule has 6 atom stereocenters. The Morgan fingerprint density at radius 1 is 1.05 bits per heavy atom. The average Bonchev–Trinajstić information content (AvgIpc) is 2.91. The fourth-order valence-corrected chi connectivity index (χ4v) is 7.11. The van der Waals surface area contributed by atoms with Crippen molar-refractivity contribution in [1.29, 1.82) is 0 Å². The van der Waals surface area contributed by atoms with Crippen molar-refractivity contribution < 1.29 is 4.79 Å². The van der Waals surface area contributed by atoms with E-state index in [9.17, 15) is 4.79 Å². The molecule has 0 amide bonds. The zero-order chi connectivity index (χ0) is 15.6. The van der Waals surface area contributed by atoms with Gasteiger partial charge in [0.25, 0.3) is 0 Å². The van der Waals surface area contributed by atoms with E-state index in [-0.39, 0.29) is 5.41 Å². The Kier molecular flexibility index (Phi) is 3.58. The predicted octanol–water partition coefficient (Wildman–Crippen LogP) is 5.34. The van der Waals surface area contributed by atoms with Crippen molar-refractivity contribution in [2.24, 2.45) is 46.3 Å². The number of ketones is 1. The highest BCUT2D eigenvalue weighted by molar-refractivity contribution is 5.91. The number of carbonyl (C=O) groups is 1. The van der Waals surface area contributed by atoms with Gasteiger partial charge in [-0.15, -0.1) is 0 Å². The van der Waals surface area contributed by atoms with Crippen molar-refractivity contribution in [2.45, 2.75) is 73.6 Å². The summed E-state index contributed by atoms with van der Waals surface area (Å²) in [6.45, 7) is 14.2. The molecule has 1 heteroatoms. The van der Waals surface area contributed by atoms with Gasteiger partial charge in [-0.3, -0.25) is 4.79 Å². The molecule has 21 heavy (non-hydrogen) atoms. The van der Waals surface area contributed by atoms with E-state index >= 15 is 0 Å². The van der Waals surface area contributed by atoms with E-state index in [1.54, 1.807) is 0 Å². The van der Waals surface area contributed by atoms with Crippen LogP contribution in [0.25, 0.3) is 0 Å². The highest BCUT2D eigenvalue weighted by Gasteiger charge is 2.83. The van der Waals surface area contributed by atoms with Gasteiger partial charge < -0.3 is 0 Å². The van der Waals surface area contributed by atoms with Crippen molar-refractivity contribution in [3.8, 4) is 0 Å². The van der Waals surface area contributed by atoms with Crippen LogP contribution in [0.4, 0.5) is 0 Å². The van der Waals surface area contributed by atoms with Gasteiger partial charge in [0.15, 0.2) is 0 Å². The van der Waals surface area contributed by atoms with Crippen LogP contribution >= 0.6 is 0 Å². The van der Waals surface area contributed by atoms with Crippen LogP contribution < -0.4 is 0 Å². The third kappa shape index (κ3) is 1.78. The highest BCUT2D eigenvalue weighted by atomic mass is 16.1. The van der Waals surface area contributed by atoms with Gasteiger partial charge in [0.05, 0.1) is 0 Å². The second-order valence-corrected chi connectivity index (χ2v) is 9.32. The van der Waals surface area contributed by atoms with Crippen molar-refractivity contribution >= 4 is 5.78 Å². The fraction of sp³-hybridized carbons (Fsp3) is 0.950. The topological polar surface area (TPSA) is 17.1 Å². The summed E-state index contributed by atoms with van der Waals surface area (Å²) in [5.41, 5.74) is 0.401. The lowest BCUT2D eigenvalue weighted by Gasteiger charge is -2.42. The lowest BCUT2D eigenvalue weighted by Crippen LogP contribution is -2.39. The fourth-order valence-electron chi connectivity index (χ4n) is 7.11. The van der Waals surface area contributed by atoms with E-state index in [1.165, 1.54) is 25.7 Å². The SMILES string of the molecule is CC1CCC(C(C)C)C2(C1)C1C[C@H](C)CC(=O)[C@]12C(C)C. The lowest BCUT2D eigenvalue weighted by atomic mass is 9.61. The minimum Gasteiger partial charge on any atom is -0.299 e. The molecule has 0 bridgehead atoms. The summed E-state index contributed by atoms with van der Waals surface area (Å²) in [5.74, 6) is 4.76. The third-order valence-corrected chi connectivity index (χ3v) is 7.53. The molecule has 3 rings (SSSR count). The summed E-state index contributed by atoms with van der Waals surface area (Å²) in [6.07, 6.45) is 6.19. The van der Waals surface area contributed by atoms with Crippen LogP contribution in [0.5, 0.6) is 0 Å². The molecule has 0 aromatic heterocycles. The molecule has 0 radical (unpaired) electrons. The van der Waals surface area contributed by atoms with Crippen LogP contribution in [-0.2, 0) is 4.79 Å². The molecule has 3 saturated carbocycles. The largest absolute Gasteiger partial charge is 0.299 e. The second kappa shape index (κ2) is 4.83. The van der Waals surface area contributed by atoms with E-state index < -0.39 is 0 Å². The van der Waals surface area contributed by atoms with Gasteiger partial charge in [-0.05, 0) is 60.2 Å². The van der Waals surface area contributed by atoms with E-state index in [0.29, 0.717) is 29.0 Å². The number of carbonyl (C=O) groups excluding carboxylic acids is 1. The molecule has 0 aromatic carbocycles. The monoisotopic (exact) mass is 290 g/mol. The second-order valence-electron chi connectivity index (χ2n) is 9.32. The maximum atomic E-state index is 13.2. The molecule has 0 saturated heterocycles. The van der Waals surface area contributed by atoms with E-state index in [1.807, 2.05) is 0 Å². The molecule has 3 fully saturated rings. The summed E-state index contributed by atoms with van der Waals surface area (Å²) >= 11 is 0. The smallest absolute Gasteiger partial charge is 0.140 e. The predicted molar refractivity (Wildman–Crippen MR) is 87.9 cm³/mol. The Morgan fingerprint density at radius 2 is 1.71 bits per heavy atom. The summed E-state index contributed by atoms with van der Waals surface area (Å²) in [7, 11) is 0. The molecule has 1 spiro atoms. The minimum atomic E-state index is 0.0448. The van der Waals surface area contributed by atoms with Crippen molar-refractivity contribution in [2.75, 3.05) is 0 Å². The first-order valence-electron chi connectivity index (χ1n) is 9.31. The summed E-state index contributed by atoms with van der Waals surface area (Å²) < 4.78 is 0. The van der Waals surface area contributed by atoms with Gasteiger partial charge in [-0.2, -0.15) is 0 Å². The molecule has 0 N–H and O–H groups in total. The summed E-state index contributed by atoms with van der Waals surface area (Å²) in [5, 5.41) is 0. The van der Waals surface area contributed by atoms with Crippen molar-refractivity contribution in [1.82, 2.24) is 0 Å². The van der Waals surface area contributed by atoms with Gasteiger partial charge in [0, 0.05) is 11.8 Å². The number of hydrogen-bond donors (Lipinski definition) is 0. The zero-order valence-electron chi connectivity index (χ0n) is 14.9. The maximum absolute atomic E-state index is 13.2. The molecule has 4 unspecified atom stereocenters. The molecule has 0 heterocycles. The van der Waals surface area contributed by atoms with Crippen LogP contribution in [-0.4, -0.2) is 5.78 Å². The van der Waals surface area contributed by atoms with Crippen LogP contribution in [0.3, 0.4) is 0 Å². The molecule has 120 valence electrons. The van der Waals surface area contributed by atoms with E-state index in [2.05, 4.69) is 41.5 Å². The van der Waals surface area contributed by atoms with Crippen LogP contribution in [0.15, 0.2) is 0 Å². The normalized spacial score (nSPS) is 49.8. The first-order valence-corrected chi connectivity index (χ1v) is 9.31. The minimum absolute atomic E-state index is 0.0448. The van der Waals surface area contributed by atoms with Gasteiger partial charge in [-0.25, -0.2) is 0 Å². The molecule has 0 aliphatic heterocycles. The molecule has 0 aromatic rings. The van der Waals surface area contributed by atoms with Gasteiger partial charge in [0.1, 0.15) is 5.78 Å². The van der Waals surface area contributed by atoms with E-state index in [4.69, 9.17) is 0 Å². The zero-order valence-corrected chi connectivity index (χ0v) is 14.9. The number of fused-ring (bicyclic) bond motifs is 3. The number of rotatable bonds is 2.